The van der Waals surface area contributed by atoms with E-state index in [9.17, 15) is 0 Å². The zero-order chi connectivity index (χ0) is 14.2. The van der Waals surface area contributed by atoms with Crippen LogP contribution in [0.2, 0.25) is 0 Å². The SMILES string of the molecule is CCC1CCCC1c1nc(-c2ccnc3[nH]ccc23)no1. The van der Waals surface area contributed by atoms with E-state index in [0.29, 0.717) is 17.7 Å². The average molecular weight is 282 g/mol. The third kappa shape index (κ3) is 2.04. The molecule has 1 aliphatic rings. The second-order valence-electron chi connectivity index (χ2n) is 5.76. The maximum Gasteiger partial charge on any atom is 0.230 e. The summed E-state index contributed by atoms with van der Waals surface area (Å²) in [6.45, 7) is 2.24. The summed E-state index contributed by atoms with van der Waals surface area (Å²) < 4.78 is 5.57. The normalized spacial score (nSPS) is 22.1. The number of nitrogens with zero attached hydrogens (tertiary/aromatic N) is 3. The Morgan fingerprint density at radius 3 is 3.19 bits per heavy atom. The van der Waals surface area contributed by atoms with E-state index in [1.54, 1.807) is 6.20 Å². The molecule has 1 N–H and O–H groups in total. The van der Waals surface area contributed by atoms with E-state index in [1.807, 2.05) is 18.3 Å². The number of nitrogens with one attached hydrogen (secondary N) is 1. The molecule has 2 unspecified atom stereocenters. The van der Waals surface area contributed by atoms with Crippen LogP contribution in [0, 0.1) is 5.92 Å². The van der Waals surface area contributed by atoms with Gasteiger partial charge in [0, 0.05) is 29.3 Å². The number of pyridine rings is 1. The number of hydrogen-bond acceptors (Lipinski definition) is 4. The number of H-pyrrole nitrogens is 1. The fourth-order valence-electron chi connectivity index (χ4n) is 3.50. The summed E-state index contributed by atoms with van der Waals surface area (Å²) in [5.41, 5.74) is 1.83. The molecule has 2 atom stereocenters. The van der Waals surface area contributed by atoms with E-state index in [2.05, 4.69) is 27.0 Å². The first-order valence-electron chi connectivity index (χ1n) is 7.63. The minimum absolute atomic E-state index is 0.430. The van der Waals surface area contributed by atoms with Gasteiger partial charge in [-0.15, -0.1) is 0 Å². The molecular formula is C16H18N4O. The Balaban J connectivity index is 1.73. The van der Waals surface area contributed by atoms with E-state index in [4.69, 9.17) is 4.52 Å². The van der Waals surface area contributed by atoms with E-state index in [1.165, 1.54) is 19.3 Å². The Kier molecular flexibility index (Phi) is 2.98. The van der Waals surface area contributed by atoms with Crippen LogP contribution in [0.3, 0.4) is 0 Å². The van der Waals surface area contributed by atoms with Crippen molar-refractivity contribution >= 4 is 11.0 Å². The smallest absolute Gasteiger partial charge is 0.230 e. The lowest BCUT2D eigenvalue weighted by atomic mass is 9.94. The second-order valence-corrected chi connectivity index (χ2v) is 5.76. The van der Waals surface area contributed by atoms with Crippen LogP contribution < -0.4 is 0 Å². The molecule has 1 fully saturated rings. The van der Waals surface area contributed by atoms with Crippen LogP contribution in [-0.4, -0.2) is 20.1 Å². The van der Waals surface area contributed by atoms with Crippen LogP contribution in [0.4, 0.5) is 0 Å². The molecule has 4 rings (SSSR count). The molecule has 5 nitrogen and oxygen atoms in total. The highest BCUT2D eigenvalue weighted by Gasteiger charge is 2.31. The molecule has 0 aliphatic heterocycles. The largest absolute Gasteiger partial charge is 0.346 e. The molecular weight excluding hydrogens is 264 g/mol. The van der Waals surface area contributed by atoms with E-state index in [-0.39, 0.29) is 0 Å². The molecule has 3 aromatic heterocycles. The molecule has 0 amide bonds. The molecule has 1 aliphatic carbocycles. The molecule has 0 radical (unpaired) electrons. The maximum atomic E-state index is 5.57. The van der Waals surface area contributed by atoms with Crippen LogP contribution in [0.1, 0.15) is 44.4 Å². The number of aromatic nitrogens is 4. The lowest BCUT2D eigenvalue weighted by molar-refractivity contribution is 0.320. The number of fused-ring (bicyclic) bond motifs is 1. The van der Waals surface area contributed by atoms with Gasteiger partial charge in [-0.1, -0.05) is 24.9 Å². The minimum atomic E-state index is 0.430. The maximum absolute atomic E-state index is 5.57. The van der Waals surface area contributed by atoms with Crippen LogP contribution >= 0.6 is 0 Å². The first kappa shape index (κ1) is 12.6. The predicted octanol–water partition coefficient (Wildman–Crippen LogP) is 3.91. The summed E-state index contributed by atoms with van der Waals surface area (Å²) in [6.07, 6.45) is 8.53. The fourth-order valence-corrected chi connectivity index (χ4v) is 3.50. The Bertz CT molecular complexity index is 760. The molecule has 3 aromatic rings. The topological polar surface area (TPSA) is 67.6 Å². The Hall–Kier alpha value is -2.17. The molecule has 0 saturated heterocycles. The highest BCUT2D eigenvalue weighted by atomic mass is 16.5. The summed E-state index contributed by atoms with van der Waals surface area (Å²) in [4.78, 5) is 12.1. The zero-order valence-corrected chi connectivity index (χ0v) is 12.0. The minimum Gasteiger partial charge on any atom is -0.346 e. The Labute approximate surface area is 122 Å². The van der Waals surface area contributed by atoms with E-state index >= 15 is 0 Å². The first-order valence-corrected chi connectivity index (χ1v) is 7.63. The first-order chi connectivity index (χ1) is 10.4. The summed E-state index contributed by atoms with van der Waals surface area (Å²) in [7, 11) is 0. The van der Waals surface area contributed by atoms with Gasteiger partial charge in [0.05, 0.1) is 0 Å². The average Bonchev–Trinajstić information content (AvgIpc) is 3.24. The second kappa shape index (κ2) is 4.98. The Morgan fingerprint density at radius 1 is 1.33 bits per heavy atom. The number of hydrogen-bond donors (Lipinski definition) is 1. The van der Waals surface area contributed by atoms with Gasteiger partial charge in [0.2, 0.25) is 11.7 Å². The molecule has 0 aromatic carbocycles. The highest BCUT2D eigenvalue weighted by molar-refractivity contribution is 5.90. The quantitative estimate of drug-likeness (QED) is 0.791. The van der Waals surface area contributed by atoms with Gasteiger partial charge in [-0.05, 0) is 30.9 Å². The van der Waals surface area contributed by atoms with Crippen molar-refractivity contribution in [2.24, 2.45) is 5.92 Å². The van der Waals surface area contributed by atoms with Crippen molar-refractivity contribution in [2.45, 2.75) is 38.5 Å². The predicted molar refractivity (Wildman–Crippen MR) is 79.8 cm³/mol. The van der Waals surface area contributed by atoms with Gasteiger partial charge in [0.25, 0.3) is 0 Å². The van der Waals surface area contributed by atoms with Crippen LogP contribution in [0.15, 0.2) is 29.0 Å². The molecule has 1 saturated carbocycles. The van der Waals surface area contributed by atoms with Gasteiger partial charge in [-0.2, -0.15) is 4.98 Å². The third-order valence-electron chi connectivity index (χ3n) is 4.64. The monoisotopic (exact) mass is 282 g/mol. The van der Waals surface area contributed by atoms with Crippen molar-refractivity contribution in [1.29, 1.82) is 0 Å². The summed E-state index contributed by atoms with van der Waals surface area (Å²) in [6, 6.07) is 3.94. The lowest BCUT2D eigenvalue weighted by Gasteiger charge is -2.12. The fraction of sp³-hybridized carbons (Fsp3) is 0.438. The number of rotatable bonds is 3. The molecule has 0 bridgehead atoms. The van der Waals surface area contributed by atoms with Crippen molar-refractivity contribution < 1.29 is 4.52 Å². The molecule has 3 heterocycles. The highest BCUT2D eigenvalue weighted by Crippen LogP contribution is 2.41. The van der Waals surface area contributed by atoms with Crippen molar-refractivity contribution in [2.75, 3.05) is 0 Å². The van der Waals surface area contributed by atoms with Gasteiger partial charge in [-0.25, -0.2) is 4.98 Å². The lowest BCUT2D eigenvalue weighted by Crippen LogP contribution is -2.05. The summed E-state index contributed by atoms with van der Waals surface area (Å²) in [5, 5.41) is 5.23. The Morgan fingerprint density at radius 2 is 2.29 bits per heavy atom. The van der Waals surface area contributed by atoms with Crippen LogP contribution in [-0.2, 0) is 0 Å². The van der Waals surface area contributed by atoms with Crippen LogP contribution in [0.5, 0.6) is 0 Å². The van der Waals surface area contributed by atoms with Crippen LogP contribution in [0.25, 0.3) is 22.4 Å². The van der Waals surface area contributed by atoms with Gasteiger partial charge in [0.1, 0.15) is 5.65 Å². The van der Waals surface area contributed by atoms with E-state index < -0.39 is 0 Å². The van der Waals surface area contributed by atoms with Gasteiger partial charge < -0.3 is 9.51 Å². The molecule has 5 heteroatoms. The standard InChI is InChI=1S/C16H18N4O/c1-2-10-4-3-5-11(10)16-19-15(20-21-16)13-7-9-18-14-12(13)6-8-17-14/h6-11H,2-5H2,1H3,(H,17,18). The van der Waals surface area contributed by atoms with Crippen molar-refractivity contribution in [3.63, 3.8) is 0 Å². The molecule has 108 valence electrons. The van der Waals surface area contributed by atoms with E-state index in [0.717, 1.165) is 28.9 Å². The molecule has 0 spiro atoms. The van der Waals surface area contributed by atoms with Crippen molar-refractivity contribution in [3.05, 3.63) is 30.4 Å². The van der Waals surface area contributed by atoms with Crippen molar-refractivity contribution in [1.82, 2.24) is 20.1 Å². The summed E-state index contributed by atoms with van der Waals surface area (Å²) >= 11 is 0. The zero-order valence-electron chi connectivity index (χ0n) is 12.0. The van der Waals surface area contributed by atoms with Crippen molar-refractivity contribution in [3.8, 4) is 11.4 Å². The van der Waals surface area contributed by atoms with Gasteiger partial charge in [0.15, 0.2) is 0 Å². The third-order valence-corrected chi connectivity index (χ3v) is 4.64. The van der Waals surface area contributed by atoms with Gasteiger partial charge in [-0.3, -0.25) is 0 Å². The van der Waals surface area contributed by atoms with Gasteiger partial charge >= 0.3 is 0 Å². The number of aromatic amines is 1. The molecule has 21 heavy (non-hydrogen) atoms. The summed E-state index contributed by atoms with van der Waals surface area (Å²) in [5.74, 6) is 2.58.